The van der Waals surface area contributed by atoms with E-state index in [2.05, 4.69) is 26.0 Å². The molecule has 2 nitrogen and oxygen atoms in total. The zero-order chi connectivity index (χ0) is 21.4. The second-order valence-corrected chi connectivity index (χ2v) is 8.81. The molecule has 0 unspecified atom stereocenters. The second-order valence-electron chi connectivity index (χ2n) is 8.81. The average molecular weight is 409 g/mol. The van der Waals surface area contributed by atoms with Crippen molar-refractivity contribution < 1.29 is 9.53 Å². The fraction of sp³-hybridized carbons (Fsp3) is 0.889. The lowest BCUT2D eigenvalue weighted by atomic mass is 10.0. The van der Waals surface area contributed by atoms with Crippen molar-refractivity contribution in [2.45, 2.75) is 155 Å². The molecule has 0 saturated heterocycles. The van der Waals surface area contributed by atoms with Gasteiger partial charge in [0, 0.05) is 6.92 Å². The molecule has 0 rings (SSSR count). The number of carbonyl (C=O) groups excluding carboxylic acids is 1. The lowest BCUT2D eigenvalue weighted by Crippen LogP contribution is -2.13. The van der Waals surface area contributed by atoms with Gasteiger partial charge in [-0.3, -0.25) is 4.79 Å². The zero-order valence-corrected chi connectivity index (χ0v) is 20.2. The molecule has 0 saturated carbocycles. The van der Waals surface area contributed by atoms with Crippen molar-refractivity contribution in [3.05, 3.63) is 12.2 Å². The van der Waals surface area contributed by atoms with Crippen molar-refractivity contribution in [1.29, 1.82) is 0 Å². The normalized spacial score (nSPS) is 12.5. The van der Waals surface area contributed by atoms with Gasteiger partial charge in [-0.05, 0) is 31.8 Å². The molecule has 0 aliphatic carbocycles. The molecule has 0 radical (unpaired) electrons. The van der Waals surface area contributed by atoms with Crippen LogP contribution in [-0.4, -0.2) is 12.1 Å². The van der Waals surface area contributed by atoms with E-state index in [0.29, 0.717) is 0 Å². The van der Waals surface area contributed by atoms with Crippen molar-refractivity contribution in [3.63, 3.8) is 0 Å². The Hall–Kier alpha value is -0.790. The number of carbonyl (C=O) groups is 1. The van der Waals surface area contributed by atoms with Crippen LogP contribution in [0.25, 0.3) is 0 Å². The molecule has 0 aromatic carbocycles. The number of esters is 1. The van der Waals surface area contributed by atoms with E-state index in [1.807, 2.05) is 0 Å². The van der Waals surface area contributed by atoms with Crippen molar-refractivity contribution in [1.82, 2.24) is 0 Å². The Bertz CT molecular complexity index is 362. The van der Waals surface area contributed by atoms with Crippen LogP contribution in [0.4, 0.5) is 0 Å². The molecule has 0 spiro atoms. The SMILES string of the molecule is CCCCCCCCCCCCCC/C=C\[C@H](CCCCCCCC)OC(C)=O. The van der Waals surface area contributed by atoms with E-state index in [1.165, 1.54) is 116 Å². The van der Waals surface area contributed by atoms with Crippen molar-refractivity contribution in [3.8, 4) is 0 Å². The number of hydrogen-bond acceptors (Lipinski definition) is 2. The van der Waals surface area contributed by atoms with E-state index < -0.39 is 0 Å². The zero-order valence-electron chi connectivity index (χ0n) is 20.2. The summed E-state index contributed by atoms with van der Waals surface area (Å²) in [6, 6.07) is 0. The molecule has 0 N–H and O–H groups in total. The highest BCUT2D eigenvalue weighted by Crippen LogP contribution is 2.14. The summed E-state index contributed by atoms with van der Waals surface area (Å²) in [5, 5.41) is 0. The fourth-order valence-corrected chi connectivity index (χ4v) is 3.88. The summed E-state index contributed by atoms with van der Waals surface area (Å²) >= 11 is 0. The van der Waals surface area contributed by atoms with Gasteiger partial charge in [0.05, 0.1) is 0 Å². The van der Waals surface area contributed by atoms with E-state index in [0.717, 1.165) is 19.3 Å². The first-order valence-corrected chi connectivity index (χ1v) is 13.0. The van der Waals surface area contributed by atoms with E-state index in [-0.39, 0.29) is 12.1 Å². The van der Waals surface area contributed by atoms with Crippen LogP contribution >= 0.6 is 0 Å². The summed E-state index contributed by atoms with van der Waals surface area (Å²) in [5.41, 5.74) is 0. The molecule has 2 heteroatoms. The predicted octanol–water partition coefficient (Wildman–Crippen LogP) is 9.32. The summed E-state index contributed by atoms with van der Waals surface area (Å²) in [7, 11) is 0. The second kappa shape index (κ2) is 23.5. The highest BCUT2D eigenvalue weighted by molar-refractivity contribution is 5.66. The first-order valence-electron chi connectivity index (χ1n) is 13.0. The maximum atomic E-state index is 11.3. The largest absolute Gasteiger partial charge is 0.458 e. The number of allylic oxidation sites excluding steroid dienone is 1. The van der Waals surface area contributed by atoms with Gasteiger partial charge >= 0.3 is 5.97 Å². The minimum absolute atomic E-state index is 0.0176. The van der Waals surface area contributed by atoms with E-state index in [1.54, 1.807) is 0 Å². The molecule has 0 aromatic rings. The van der Waals surface area contributed by atoms with Crippen LogP contribution in [-0.2, 0) is 9.53 Å². The van der Waals surface area contributed by atoms with Crippen LogP contribution in [0, 0.1) is 0 Å². The highest BCUT2D eigenvalue weighted by atomic mass is 16.5. The highest BCUT2D eigenvalue weighted by Gasteiger charge is 2.07. The van der Waals surface area contributed by atoms with Crippen LogP contribution in [0.2, 0.25) is 0 Å². The van der Waals surface area contributed by atoms with Crippen LogP contribution in [0.15, 0.2) is 12.2 Å². The first-order chi connectivity index (χ1) is 14.2. The summed E-state index contributed by atoms with van der Waals surface area (Å²) in [6.45, 7) is 6.05. The summed E-state index contributed by atoms with van der Waals surface area (Å²) in [5.74, 6) is -0.156. The predicted molar refractivity (Wildman–Crippen MR) is 128 cm³/mol. The summed E-state index contributed by atoms with van der Waals surface area (Å²) in [6.07, 6.45) is 30.8. The Balaban J connectivity index is 3.59. The maximum Gasteiger partial charge on any atom is 0.303 e. The maximum absolute atomic E-state index is 11.3. The molecule has 1 atom stereocenters. The van der Waals surface area contributed by atoms with E-state index >= 15 is 0 Å². The molecule has 0 amide bonds. The lowest BCUT2D eigenvalue weighted by molar-refractivity contribution is -0.144. The van der Waals surface area contributed by atoms with Crippen LogP contribution in [0.5, 0.6) is 0 Å². The summed E-state index contributed by atoms with van der Waals surface area (Å²) < 4.78 is 5.47. The topological polar surface area (TPSA) is 26.3 Å². The van der Waals surface area contributed by atoms with Crippen LogP contribution in [0.3, 0.4) is 0 Å². The van der Waals surface area contributed by atoms with Gasteiger partial charge in [0.15, 0.2) is 0 Å². The Labute approximate surface area is 183 Å². The molecular formula is C27H52O2. The van der Waals surface area contributed by atoms with Gasteiger partial charge in [0.25, 0.3) is 0 Å². The Morgan fingerprint density at radius 3 is 1.52 bits per heavy atom. The smallest absolute Gasteiger partial charge is 0.303 e. The molecule has 0 aliphatic heterocycles. The molecule has 0 aromatic heterocycles. The molecule has 0 aliphatic rings. The van der Waals surface area contributed by atoms with Crippen molar-refractivity contribution >= 4 is 5.97 Å². The lowest BCUT2D eigenvalue weighted by Gasteiger charge is -2.13. The van der Waals surface area contributed by atoms with Gasteiger partial charge in [-0.2, -0.15) is 0 Å². The minimum Gasteiger partial charge on any atom is -0.458 e. The third-order valence-electron chi connectivity index (χ3n) is 5.73. The van der Waals surface area contributed by atoms with Crippen LogP contribution in [0.1, 0.15) is 149 Å². The van der Waals surface area contributed by atoms with Crippen molar-refractivity contribution in [2.75, 3.05) is 0 Å². The number of ether oxygens (including phenoxy) is 1. The quantitative estimate of drug-likeness (QED) is 0.101. The van der Waals surface area contributed by atoms with Gasteiger partial charge < -0.3 is 4.74 Å². The molecule has 0 fully saturated rings. The van der Waals surface area contributed by atoms with Gasteiger partial charge in [-0.25, -0.2) is 0 Å². The fourth-order valence-electron chi connectivity index (χ4n) is 3.88. The van der Waals surface area contributed by atoms with Gasteiger partial charge in [-0.15, -0.1) is 0 Å². The Kier molecular flexibility index (Phi) is 22.8. The molecular weight excluding hydrogens is 356 g/mol. The van der Waals surface area contributed by atoms with Crippen LogP contribution < -0.4 is 0 Å². The third kappa shape index (κ3) is 23.4. The molecule has 0 bridgehead atoms. The van der Waals surface area contributed by atoms with Crippen molar-refractivity contribution in [2.24, 2.45) is 0 Å². The summed E-state index contributed by atoms with van der Waals surface area (Å²) in [4.78, 5) is 11.3. The number of hydrogen-bond donors (Lipinski definition) is 0. The minimum atomic E-state index is -0.156. The van der Waals surface area contributed by atoms with E-state index in [9.17, 15) is 4.79 Å². The first kappa shape index (κ1) is 28.2. The van der Waals surface area contributed by atoms with Gasteiger partial charge in [-0.1, -0.05) is 123 Å². The monoisotopic (exact) mass is 408 g/mol. The Morgan fingerprint density at radius 1 is 0.655 bits per heavy atom. The molecule has 0 heterocycles. The molecule has 172 valence electrons. The standard InChI is InChI=1S/C27H52O2/c1-4-6-8-10-12-13-14-15-16-17-18-19-21-23-25-27(29-26(3)28)24-22-20-11-9-7-5-2/h23,25,27H,4-22,24H2,1-3H3/b25-23-/t27-/m0/s1. The van der Waals surface area contributed by atoms with Gasteiger partial charge in [0.2, 0.25) is 0 Å². The number of unbranched alkanes of at least 4 members (excludes halogenated alkanes) is 17. The average Bonchev–Trinajstić information content (AvgIpc) is 2.70. The van der Waals surface area contributed by atoms with E-state index in [4.69, 9.17) is 4.74 Å². The third-order valence-corrected chi connectivity index (χ3v) is 5.73. The molecule has 29 heavy (non-hydrogen) atoms. The Morgan fingerprint density at radius 2 is 1.07 bits per heavy atom. The van der Waals surface area contributed by atoms with Gasteiger partial charge in [0.1, 0.15) is 6.10 Å². The number of rotatable bonds is 22.